The number of carbonyl (C=O) groups excluding carboxylic acids is 2. The molecule has 0 radical (unpaired) electrons. The summed E-state index contributed by atoms with van der Waals surface area (Å²) in [6, 6.07) is 3.10. The summed E-state index contributed by atoms with van der Waals surface area (Å²) in [5, 5.41) is 14.4. The Hall–Kier alpha value is -3.36. The van der Waals surface area contributed by atoms with Crippen molar-refractivity contribution in [3.63, 3.8) is 0 Å². The van der Waals surface area contributed by atoms with Crippen LogP contribution in [0.1, 0.15) is 37.8 Å². The molecule has 1 aromatic heterocycles. The zero-order valence-corrected chi connectivity index (χ0v) is 16.8. The van der Waals surface area contributed by atoms with E-state index in [1.54, 1.807) is 12.1 Å². The molecule has 3 N–H and O–H groups in total. The second-order valence-corrected chi connectivity index (χ2v) is 7.36. The Morgan fingerprint density at radius 3 is 2.50 bits per heavy atom. The van der Waals surface area contributed by atoms with Gasteiger partial charge in [-0.3, -0.25) is 14.4 Å². The molecule has 1 aliphatic rings. The maximum atomic E-state index is 12.2. The maximum absolute atomic E-state index is 12.2. The van der Waals surface area contributed by atoms with E-state index in [1.807, 2.05) is 6.07 Å². The molecule has 0 saturated carbocycles. The molecule has 160 valence electrons. The first-order valence-corrected chi connectivity index (χ1v) is 9.80. The number of carboxylic acids is 1. The summed E-state index contributed by atoms with van der Waals surface area (Å²) in [6.07, 6.45) is 3.57. The molecule has 0 spiro atoms. The van der Waals surface area contributed by atoms with E-state index >= 15 is 0 Å². The van der Waals surface area contributed by atoms with Gasteiger partial charge in [-0.2, -0.15) is 0 Å². The van der Waals surface area contributed by atoms with Gasteiger partial charge in [0, 0.05) is 17.0 Å². The van der Waals surface area contributed by atoms with Gasteiger partial charge >= 0.3 is 11.6 Å². The van der Waals surface area contributed by atoms with Crippen molar-refractivity contribution in [1.82, 2.24) is 10.6 Å². The quantitative estimate of drug-likeness (QED) is 0.576. The molecule has 2 amide bonds. The smallest absolute Gasteiger partial charge is 0.339 e. The summed E-state index contributed by atoms with van der Waals surface area (Å²) >= 11 is 0. The largest absolute Gasteiger partial charge is 0.484 e. The molecule has 9 nitrogen and oxygen atoms in total. The fourth-order valence-electron chi connectivity index (χ4n) is 3.41. The van der Waals surface area contributed by atoms with E-state index in [9.17, 15) is 19.2 Å². The average molecular weight is 416 g/mol. The molecule has 30 heavy (non-hydrogen) atoms. The standard InChI is InChI=1S/C21H24N2O7/c1-11(19(25)23-12(2)20(26)27)22-18(24)10-29-13-7-8-15-14-5-3-4-6-16(14)21(28)30-17(15)9-13/h7-9,11-12H,3-6,10H2,1-2H3,(H,22,24)(H,23,25)(H,26,27)/t11-,12-/m0/s1. The van der Waals surface area contributed by atoms with Gasteiger partial charge < -0.3 is 24.9 Å². The van der Waals surface area contributed by atoms with Crippen molar-refractivity contribution in [3.05, 3.63) is 39.7 Å². The van der Waals surface area contributed by atoms with Gasteiger partial charge in [0.1, 0.15) is 23.4 Å². The highest BCUT2D eigenvalue weighted by Gasteiger charge is 2.21. The molecule has 9 heteroatoms. The highest BCUT2D eigenvalue weighted by molar-refractivity contribution is 5.90. The first kappa shape index (κ1) is 21.4. The highest BCUT2D eigenvalue weighted by Crippen LogP contribution is 2.29. The third kappa shape index (κ3) is 4.79. The lowest BCUT2D eigenvalue weighted by molar-refractivity contribution is -0.141. The first-order valence-electron chi connectivity index (χ1n) is 9.80. The maximum Gasteiger partial charge on any atom is 0.339 e. The Bertz CT molecular complexity index is 1040. The number of carbonyl (C=O) groups is 3. The van der Waals surface area contributed by atoms with Crippen LogP contribution in [0.25, 0.3) is 11.0 Å². The van der Waals surface area contributed by atoms with Gasteiger partial charge in [0.2, 0.25) is 5.91 Å². The number of benzene rings is 1. The molecule has 1 aromatic carbocycles. The summed E-state index contributed by atoms with van der Waals surface area (Å²) < 4.78 is 10.9. The molecule has 1 heterocycles. The number of rotatable bonds is 7. The molecule has 0 aliphatic heterocycles. The lowest BCUT2D eigenvalue weighted by Gasteiger charge is -2.17. The average Bonchev–Trinajstić information content (AvgIpc) is 2.72. The monoisotopic (exact) mass is 416 g/mol. The van der Waals surface area contributed by atoms with Gasteiger partial charge in [0.25, 0.3) is 5.91 Å². The van der Waals surface area contributed by atoms with Crippen LogP contribution in [0, 0.1) is 0 Å². The third-order valence-electron chi connectivity index (χ3n) is 5.06. The van der Waals surface area contributed by atoms with Crippen LogP contribution in [-0.4, -0.2) is 41.6 Å². The van der Waals surface area contributed by atoms with Crippen molar-refractivity contribution in [2.24, 2.45) is 0 Å². The number of hydrogen-bond donors (Lipinski definition) is 3. The number of carboxylic acid groups (broad SMARTS) is 1. The van der Waals surface area contributed by atoms with Crippen LogP contribution in [-0.2, 0) is 27.2 Å². The van der Waals surface area contributed by atoms with E-state index in [4.69, 9.17) is 14.3 Å². The molecule has 3 rings (SSSR count). The summed E-state index contributed by atoms with van der Waals surface area (Å²) in [5.74, 6) is -1.98. The fraction of sp³-hybridized carbons (Fsp3) is 0.429. The molecule has 0 saturated heterocycles. The van der Waals surface area contributed by atoms with Crippen LogP contribution in [0.15, 0.2) is 27.4 Å². The predicted octanol–water partition coefficient (Wildman–Crippen LogP) is 1.14. The molecule has 1 aliphatic carbocycles. The van der Waals surface area contributed by atoms with Crippen LogP contribution in [0.2, 0.25) is 0 Å². The molecule has 0 bridgehead atoms. The first-order chi connectivity index (χ1) is 14.3. The van der Waals surface area contributed by atoms with Gasteiger partial charge in [0.05, 0.1) is 0 Å². The minimum Gasteiger partial charge on any atom is -0.484 e. The summed E-state index contributed by atoms with van der Waals surface area (Å²) in [6.45, 7) is 2.41. The number of aryl methyl sites for hydroxylation is 1. The Balaban J connectivity index is 1.61. The SMILES string of the molecule is C[C@H](NC(=O)[C@H](C)NC(=O)COc1ccc2c3c(c(=O)oc2c1)CCCC3)C(=O)O. The molecule has 2 aromatic rings. The Labute approximate surface area is 172 Å². The molecular formula is C21H24N2O7. The van der Waals surface area contributed by atoms with E-state index < -0.39 is 29.9 Å². The van der Waals surface area contributed by atoms with E-state index in [2.05, 4.69) is 10.6 Å². The van der Waals surface area contributed by atoms with Crippen LogP contribution in [0.3, 0.4) is 0 Å². The second kappa shape index (κ2) is 8.98. The highest BCUT2D eigenvalue weighted by atomic mass is 16.5. The van der Waals surface area contributed by atoms with Crippen molar-refractivity contribution < 1.29 is 28.6 Å². The Kier molecular flexibility index (Phi) is 6.39. The minimum absolute atomic E-state index is 0.331. The fourth-order valence-corrected chi connectivity index (χ4v) is 3.41. The van der Waals surface area contributed by atoms with Crippen LogP contribution < -0.4 is 21.0 Å². The van der Waals surface area contributed by atoms with Crippen LogP contribution >= 0.6 is 0 Å². The van der Waals surface area contributed by atoms with E-state index in [0.29, 0.717) is 11.3 Å². The summed E-state index contributed by atoms with van der Waals surface area (Å²) in [4.78, 5) is 46.9. The zero-order chi connectivity index (χ0) is 21.8. The predicted molar refractivity (Wildman–Crippen MR) is 107 cm³/mol. The number of hydrogen-bond acceptors (Lipinski definition) is 6. The van der Waals surface area contributed by atoms with Crippen LogP contribution in [0.4, 0.5) is 0 Å². The van der Waals surface area contributed by atoms with Gasteiger partial charge in [0.15, 0.2) is 6.61 Å². The number of fused-ring (bicyclic) bond motifs is 3. The molecule has 2 atom stereocenters. The lowest BCUT2D eigenvalue weighted by Crippen LogP contribution is -2.50. The lowest BCUT2D eigenvalue weighted by atomic mass is 9.91. The van der Waals surface area contributed by atoms with Crippen molar-refractivity contribution in [3.8, 4) is 5.75 Å². The van der Waals surface area contributed by atoms with Gasteiger partial charge in [-0.1, -0.05) is 0 Å². The van der Waals surface area contributed by atoms with E-state index in [0.717, 1.165) is 42.2 Å². The van der Waals surface area contributed by atoms with E-state index in [1.165, 1.54) is 13.8 Å². The van der Waals surface area contributed by atoms with Gasteiger partial charge in [-0.25, -0.2) is 4.79 Å². The van der Waals surface area contributed by atoms with Crippen molar-refractivity contribution >= 4 is 28.8 Å². The minimum atomic E-state index is -1.17. The Morgan fingerprint density at radius 1 is 1.10 bits per heavy atom. The van der Waals surface area contributed by atoms with Crippen LogP contribution in [0.5, 0.6) is 5.75 Å². The van der Waals surface area contributed by atoms with Crippen molar-refractivity contribution in [2.75, 3.05) is 6.61 Å². The zero-order valence-electron chi connectivity index (χ0n) is 16.8. The molecular weight excluding hydrogens is 392 g/mol. The number of amides is 2. The van der Waals surface area contributed by atoms with E-state index in [-0.39, 0.29) is 12.2 Å². The second-order valence-electron chi connectivity index (χ2n) is 7.36. The number of aliphatic carboxylic acids is 1. The summed E-state index contributed by atoms with van der Waals surface area (Å²) in [7, 11) is 0. The summed E-state index contributed by atoms with van der Waals surface area (Å²) in [5.41, 5.74) is 1.84. The third-order valence-corrected chi connectivity index (χ3v) is 5.06. The van der Waals surface area contributed by atoms with Crippen molar-refractivity contribution in [2.45, 2.75) is 51.6 Å². The number of nitrogens with one attached hydrogen (secondary N) is 2. The molecule has 0 fully saturated rings. The normalized spacial score (nSPS) is 15.0. The Morgan fingerprint density at radius 2 is 1.80 bits per heavy atom. The van der Waals surface area contributed by atoms with Crippen molar-refractivity contribution in [1.29, 1.82) is 0 Å². The molecule has 0 unspecified atom stereocenters. The van der Waals surface area contributed by atoms with Gasteiger partial charge in [-0.15, -0.1) is 0 Å². The topological polar surface area (TPSA) is 135 Å². The number of ether oxygens (including phenoxy) is 1. The van der Waals surface area contributed by atoms with Gasteiger partial charge in [-0.05, 0) is 57.2 Å².